The number of nitrogens with zero attached hydrogens (tertiary/aromatic N) is 1. The van der Waals surface area contributed by atoms with E-state index in [1.54, 1.807) is 30.1 Å². The molecule has 1 aromatic carbocycles. The summed E-state index contributed by atoms with van der Waals surface area (Å²) >= 11 is 0. The van der Waals surface area contributed by atoms with Gasteiger partial charge in [0.15, 0.2) is 0 Å². The summed E-state index contributed by atoms with van der Waals surface area (Å²) in [6, 6.07) is 6.89. The molecule has 0 aliphatic rings. The van der Waals surface area contributed by atoms with Gasteiger partial charge in [-0.25, -0.2) is 4.79 Å². The molecule has 0 aliphatic heterocycles. The van der Waals surface area contributed by atoms with Crippen molar-refractivity contribution in [3.05, 3.63) is 35.4 Å². The lowest BCUT2D eigenvalue weighted by Crippen LogP contribution is -2.29. The minimum Gasteiger partial charge on any atom is -0.478 e. The molecule has 116 valence electrons. The Morgan fingerprint density at radius 2 is 2.00 bits per heavy atom. The molecule has 0 bridgehead atoms. The fourth-order valence-corrected chi connectivity index (χ4v) is 2.02. The highest BCUT2D eigenvalue weighted by Crippen LogP contribution is 2.10. The highest BCUT2D eigenvalue weighted by molar-refractivity contribution is 5.89. The Balaban J connectivity index is 2.44. The van der Waals surface area contributed by atoms with Crippen LogP contribution in [0.25, 0.3) is 0 Å². The molecule has 0 heterocycles. The third-order valence-electron chi connectivity index (χ3n) is 3.27. The Morgan fingerprint density at radius 3 is 2.67 bits per heavy atom. The average molecular weight is 293 g/mol. The number of carboxylic acid groups (broad SMARTS) is 1. The molecule has 1 amide bonds. The van der Waals surface area contributed by atoms with Gasteiger partial charge in [0.2, 0.25) is 5.91 Å². The normalized spacial score (nSPS) is 10.4. The highest BCUT2D eigenvalue weighted by Gasteiger charge is 2.12. The Morgan fingerprint density at radius 1 is 1.29 bits per heavy atom. The molecule has 5 heteroatoms. The number of aromatic carboxylic acids is 1. The summed E-state index contributed by atoms with van der Waals surface area (Å²) in [6.07, 6.45) is 1.70. The zero-order valence-corrected chi connectivity index (χ0v) is 12.7. The van der Waals surface area contributed by atoms with Crippen LogP contribution in [0.3, 0.4) is 0 Å². The Kier molecular flexibility index (Phi) is 7.46. The summed E-state index contributed by atoms with van der Waals surface area (Å²) < 4.78 is 5.20. The Hall–Kier alpha value is -1.88. The maximum Gasteiger partial charge on any atom is 0.335 e. The standard InChI is InChI=1S/C16H23NO4/c1-3-21-12-6-9-15(18)17(2)11-10-13-7-4-5-8-14(13)16(19)20/h4-5,7-8H,3,6,9-12H2,1-2H3,(H,19,20). The largest absolute Gasteiger partial charge is 0.478 e. The molecule has 0 radical (unpaired) electrons. The second-order valence-electron chi connectivity index (χ2n) is 4.83. The Labute approximate surface area is 125 Å². The predicted molar refractivity (Wildman–Crippen MR) is 80.5 cm³/mol. The molecule has 1 aromatic rings. The van der Waals surface area contributed by atoms with Gasteiger partial charge in [-0.3, -0.25) is 4.79 Å². The SMILES string of the molecule is CCOCCCC(=O)N(C)CCc1ccccc1C(=O)O. The molecule has 0 saturated heterocycles. The monoisotopic (exact) mass is 293 g/mol. The van der Waals surface area contributed by atoms with E-state index < -0.39 is 5.97 Å². The van der Waals surface area contributed by atoms with Crippen molar-refractivity contribution in [2.45, 2.75) is 26.2 Å². The van der Waals surface area contributed by atoms with Gasteiger partial charge in [-0.1, -0.05) is 18.2 Å². The quantitative estimate of drug-likeness (QED) is 0.709. The van der Waals surface area contributed by atoms with Crippen molar-refractivity contribution in [1.29, 1.82) is 0 Å². The minimum atomic E-state index is -0.934. The van der Waals surface area contributed by atoms with E-state index in [1.807, 2.05) is 13.0 Å². The van der Waals surface area contributed by atoms with Crippen LogP contribution < -0.4 is 0 Å². The first-order valence-electron chi connectivity index (χ1n) is 7.19. The van der Waals surface area contributed by atoms with Gasteiger partial charge >= 0.3 is 5.97 Å². The van der Waals surface area contributed by atoms with Crippen LogP contribution in [0.15, 0.2) is 24.3 Å². The van der Waals surface area contributed by atoms with Crippen LogP contribution in [-0.2, 0) is 16.0 Å². The van der Waals surface area contributed by atoms with Gasteiger partial charge in [-0.15, -0.1) is 0 Å². The molecule has 0 spiro atoms. The van der Waals surface area contributed by atoms with Crippen LogP contribution in [0, 0.1) is 0 Å². The fraction of sp³-hybridized carbons (Fsp3) is 0.500. The smallest absolute Gasteiger partial charge is 0.335 e. The number of amides is 1. The van der Waals surface area contributed by atoms with Crippen molar-refractivity contribution in [3.63, 3.8) is 0 Å². The van der Waals surface area contributed by atoms with Crippen molar-refractivity contribution in [2.24, 2.45) is 0 Å². The van der Waals surface area contributed by atoms with Crippen LogP contribution in [0.1, 0.15) is 35.7 Å². The van der Waals surface area contributed by atoms with E-state index >= 15 is 0 Å². The number of likely N-dealkylation sites (N-methyl/N-ethyl adjacent to an activating group) is 1. The topological polar surface area (TPSA) is 66.8 Å². The summed E-state index contributed by atoms with van der Waals surface area (Å²) in [5, 5.41) is 9.11. The second kappa shape index (κ2) is 9.13. The summed E-state index contributed by atoms with van der Waals surface area (Å²) in [6.45, 7) is 3.69. The Bertz CT molecular complexity index is 473. The third-order valence-corrected chi connectivity index (χ3v) is 3.27. The van der Waals surface area contributed by atoms with Crippen molar-refractivity contribution >= 4 is 11.9 Å². The zero-order chi connectivity index (χ0) is 15.7. The number of benzene rings is 1. The van der Waals surface area contributed by atoms with E-state index in [9.17, 15) is 9.59 Å². The molecule has 0 atom stereocenters. The molecule has 5 nitrogen and oxygen atoms in total. The lowest BCUT2D eigenvalue weighted by molar-refractivity contribution is -0.130. The second-order valence-corrected chi connectivity index (χ2v) is 4.83. The van der Waals surface area contributed by atoms with Crippen molar-refractivity contribution in [1.82, 2.24) is 4.90 Å². The molecular weight excluding hydrogens is 270 g/mol. The molecule has 1 N–H and O–H groups in total. The van der Waals surface area contributed by atoms with Crippen LogP contribution in [0.2, 0.25) is 0 Å². The summed E-state index contributed by atoms with van der Waals surface area (Å²) in [5.41, 5.74) is 1.05. The first-order chi connectivity index (χ1) is 10.1. The van der Waals surface area contributed by atoms with Crippen LogP contribution in [-0.4, -0.2) is 48.7 Å². The fourth-order valence-electron chi connectivity index (χ4n) is 2.02. The number of rotatable bonds is 9. The van der Waals surface area contributed by atoms with Gasteiger partial charge in [-0.2, -0.15) is 0 Å². The maximum atomic E-state index is 11.9. The van der Waals surface area contributed by atoms with Gasteiger partial charge < -0.3 is 14.7 Å². The maximum absolute atomic E-state index is 11.9. The number of carbonyl (C=O) groups excluding carboxylic acids is 1. The van der Waals surface area contributed by atoms with Crippen LogP contribution in [0.5, 0.6) is 0 Å². The minimum absolute atomic E-state index is 0.0579. The first kappa shape index (κ1) is 17.2. The van der Waals surface area contributed by atoms with E-state index in [-0.39, 0.29) is 5.91 Å². The third kappa shape index (κ3) is 5.95. The van der Waals surface area contributed by atoms with Crippen molar-refractivity contribution in [3.8, 4) is 0 Å². The van der Waals surface area contributed by atoms with Gasteiger partial charge in [0.05, 0.1) is 5.56 Å². The molecule has 0 aliphatic carbocycles. The first-order valence-corrected chi connectivity index (χ1v) is 7.19. The zero-order valence-electron chi connectivity index (χ0n) is 12.7. The van der Waals surface area contributed by atoms with E-state index in [2.05, 4.69) is 0 Å². The molecule has 0 fully saturated rings. The number of ether oxygens (including phenoxy) is 1. The van der Waals surface area contributed by atoms with Gasteiger partial charge in [-0.05, 0) is 31.4 Å². The van der Waals surface area contributed by atoms with Crippen molar-refractivity contribution in [2.75, 3.05) is 26.8 Å². The van der Waals surface area contributed by atoms with E-state index in [4.69, 9.17) is 9.84 Å². The molecule has 1 rings (SSSR count). The highest BCUT2D eigenvalue weighted by atomic mass is 16.5. The number of hydrogen-bond acceptors (Lipinski definition) is 3. The molecule has 21 heavy (non-hydrogen) atoms. The summed E-state index contributed by atoms with van der Waals surface area (Å²) in [4.78, 5) is 24.7. The molecule has 0 saturated carbocycles. The molecular formula is C16H23NO4. The summed E-state index contributed by atoms with van der Waals surface area (Å²) in [5.74, 6) is -0.876. The average Bonchev–Trinajstić information content (AvgIpc) is 2.49. The molecule has 0 aromatic heterocycles. The van der Waals surface area contributed by atoms with Gasteiger partial charge in [0.1, 0.15) is 0 Å². The van der Waals surface area contributed by atoms with Crippen LogP contribution in [0.4, 0.5) is 0 Å². The van der Waals surface area contributed by atoms with E-state index in [0.717, 1.165) is 5.56 Å². The van der Waals surface area contributed by atoms with E-state index in [1.165, 1.54) is 0 Å². The number of carbonyl (C=O) groups is 2. The number of hydrogen-bond donors (Lipinski definition) is 1. The number of carboxylic acids is 1. The van der Waals surface area contributed by atoms with E-state index in [0.29, 0.717) is 44.6 Å². The lowest BCUT2D eigenvalue weighted by atomic mass is 10.0. The van der Waals surface area contributed by atoms with Crippen LogP contribution >= 0.6 is 0 Å². The summed E-state index contributed by atoms with van der Waals surface area (Å²) in [7, 11) is 1.74. The van der Waals surface area contributed by atoms with Gasteiger partial charge in [0.25, 0.3) is 0 Å². The predicted octanol–water partition coefficient (Wildman–Crippen LogP) is 2.20. The molecule has 0 unspecified atom stereocenters. The lowest BCUT2D eigenvalue weighted by Gasteiger charge is -2.17. The van der Waals surface area contributed by atoms with Crippen molar-refractivity contribution < 1.29 is 19.4 Å². The van der Waals surface area contributed by atoms with Gasteiger partial charge in [0, 0.05) is 33.2 Å².